The van der Waals surface area contributed by atoms with Gasteiger partial charge in [-0.05, 0) is 17.7 Å². The largest absolute Gasteiger partial charge is 0.476 e. The Labute approximate surface area is 200 Å². The van der Waals surface area contributed by atoms with Crippen LogP contribution in [0, 0.1) is 29.1 Å². The SMILES string of the molecule is O=C(COc1c(F)c(F)c(F)c(F)c1F)Oc1ccc2c(=O)c(-c3ccccc3)c(C(F)(F)F)oc2c1. The molecule has 4 aromatic rings. The van der Waals surface area contributed by atoms with Crippen molar-refractivity contribution in [2.24, 2.45) is 0 Å². The van der Waals surface area contributed by atoms with Gasteiger partial charge in [-0.15, -0.1) is 0 Å². The molecule has 0 aliphatic carbocycles. The van der Waals surface area contributed by atoms with Crippen LogP contribution < -0.4 is 14.9 Å². The lowest BCUT2D eigenvalue weighted by Crippen LogP contribution is -2.20. The summed E-state index contributed by atoms with van der Waals surface area (Å²) < 4.78 is 122. The van der Waals surface area contributed by atoms with Gasteiger partial charge in [0.15, 0.2) is 12.4 Å². The number of ether oxygens (including phenoxy) is 2. The zero-order valence-corrected chi connectivity index (χ0v) is 17.9. The standard InChI is InChI=1S/C24H10F8O5/c25-16-17(26)19(28)22(20(29)18(16)27)35-9-14(33)36-11-6-7-12-13(8-11)37-23(24(30,31)32)15(21(12)34)10-4-2-1-3-5-10/h1-8H,9H2. The Morgan fingerprint density at radius 2 is 1.43 bits per heavy atom. The monoisotopic (exact) mass is 530 g/mol. The molecule has 0 fully saturated rings. The summed E-state index contributed by atoms with van der Waals surface area (Å²) in [6.45, 7) is -1.35. The molecular formula is C24H10F8O5. The van der Waals surface area contributed by atoms with Gasteiger partial charge in [-0.2, -0.15) is 22.0 Å². The predicted octanol–water partition coefficient (Wildman–Crippen LogP) is 6.16. The van der Waals surface area contributed by atoms with Crippen LogP contribution in [0.1, 0.15) is 5.76 Å². The third kappa shape index (κ3) is 4.84. The van der Waals surface area contributed by atoms with Crippen LogP contribution in [0.15, 0.2) is 57.7 Å². The summed E-state index contributed by atoms with van der Waals surface area (Å²) >= 11 is 0. The summed E-state index contributed by atoms with van der Waals surface area (Å²) in [5, 5.41) is -0.288. The van der Waals surface area contributed by atoms with E-state index in [1.807, 2.05) is 0 Å². The molecule has 0 amide bonds. The number of carbonyl (C=O) groups excluding carboxylic acids is 1. The highest BCUT2D eigenvalue weighted by molar-refractivity contribution is 5.85. The quantitative estimate of drug-likeness (QED) is 0.102. The topological polar surface area (TPSA) is 65.7 Å². The molecule has 0 aliphatic heterocycles. The van der Waals surface area contributed by atoms with Crippen LogP contribution in [0.2, 0.25) is 0 Å². The molecule has 0 aliphatic rings. The van der Waals surface area contributed by atoms with Gasteiger partial charge < -0.3 is 13.9 Å². The van der Waals surface area contributed by atoms with Gasteiger partial charge in [0.2, 0.25) is 40.3 Å². The van der Waals surface area contributed by atoms with Crippen LogP contribution in [0.5, 0.6) is 11.5 Å². The van der Waals surface area contributed by atoms with Crippen LogP contribution in [0.3, 0.4) is 0 Å². The molecule has 0 unspecified atom stereocenters. The third-order valence-electron chi connectivity index (χ3n) is 4.92. The van der Waals surface area contributed by atoms with Crippen LogP contribution in [0.25, 0.3) is 22.1 Å². The van der Waals surface area contributed by atoms with E-state index in [0.29, 0.717) is 0 Å². The van der Waals surface area contributed by atoms with Gasteiger partial charge >= 0.3 is 12.1 Å². The molecule has 0 bridgehead atoms. The lowest BCUT2D eigenvalue weighted by atomic mass is 10.0. The van der Waals surface area contributed by atoms with E-state index in [2.05, 4.69) is 4.74 Å². The highest BCUT2D eigenvalue weighted by atomic mass is 19.4. The number of hydrogen-bond donors (Lipinski definition) is 0. The fourth-order valence-corrected chi connectivity index (χ4v) is 3.31. The number of carbonyl (C=O) groups is 1. The van der Waals surface area contributed by atoms with Crippen LogP contribution in [0.4, 0.5) is 35.1 Å². The van der Waals surface area contributed by atoms with E-state index in [0.717, 1.165) is 18.2 Å². The van der Waals surface area contributed by atoms with Crippen molar-refractivity contribution in [2.75, 3.05) is 6.61 Å². The maximum Gasteiger partial charge on any atom is 0.450 e. The second-order valence-electron chi connectivity index (χ2n) is 7.32. The first-order valence-corrected chi connectivity index (χ1v) is 9.98. The number of fused-ring (bicyclic) bond motifs is 1. The van der Waals surface area contributed by atoms with E-state index >= 15 is 0 Å². The van der Waals surface area contributed by atoms with Gasteiger partial charge in [-0.25, -0.2) is 18.0 Å². The molecular weight excluding hydrogens is 520 g/mol. The smallest absolute Gasteiger partial charge is 0.450 e. The molecule has 192 valence electrons. The minimum absolute atomic E-state index is 0.0498. The van der Waals surface area contributed by atoms with Gasteiger partial charge in [0.1, 0.15) is 11.3 Å². The van der Waals surface area contributed by atoms with E-state index in [9.17, 15) is 44.7 Å². The Hall–Kier alpha value is -4.42. The average Bonchev–Trinajstić information content (AvgIpc) is 2.86. The molecule has 5 nitrogen and oxygen atoms in total. The van der Waals surface area contributed by atoms with Crippen LogP contribution in [-0.4, -0.2) is 12.6 Å². The summed E-state index contributed by atoms with van der Waals surface area (Å²) in [5.41, 5.74) is -2.41. The second kappa shape index (κ2) is 9.56. The molecule has 0 radical (unpaired) electrons. The molecule has 0 spiro atoms. The lowest BCUT2D eigenvalue weighted by molar-refractivity contribution is -0.152. The van der Waals surface area contributed by atoms with Gasteiger partial charge in [0.05, 0.1) is 10.9 Å². The number of rotatable bonds is 5. The van der Waals surface area contributed by atoms with Crippen molar-refractivity contribution in [2.45, 2.75) is 6.18 Å². The van der Waals surface area contributed by atoms with E-state index in [-0.39, 0.29) is 10.9 Å². The molecule has 37 heavy (non-hydrogen) atoms. The molecule has 0 saturated heterocycles. The van der Waals surface area contributed by atoms with Crippen LogP contribution in [-0.2, 0) is 11.0 Å². The van der Waals surface area contributed by atoms with E-state index in [1.54, 1.807) is 0 Å². The first-order chi connectivity index (χ1) is 17.4. The highest BCUT2D eigenvalue weighted by Crippen LogP contribution is 2.38. The number of benzene rings is 3. The summed E-state index contributed by atoms with van der Waals surface area (Å²) in [6.07, 6.45) is -5.08. The maximum absolute atomic E-state index is 13.7. The molecule has 0 atom stereocenters. The van der Waals surface area contributed by atoms with E-state index in [1.165, 1.54) is 30.3 Å². The van der Waals surface area contributed by atoms with E-state index in [4.69, 9.17) is 9.15 Å². The summed E-state index contributed by atoms with van der Waals surface area (Å²) in [6, 6.07) is 9.76. The fraction of sp³-hybridized carbons (Fsp3) is 0.0833. The molecule has 3 aromatic carbocycles. The Balaban J connectivity index is 1.64. The van der Waals surface area contributed by atoms with Crippen molar-refractivity contribution in [3.63, 3.8) is 0 Å². The normalized spacial score (nSPS) is 11.6. The zero-order valence-electron chi connectivity index (χ0n) is 17.9. The number of esters is 1. The highest BCUT2D eigenvalue weighted by Gasteiger charge is 2.39. The van der Waals surface area contributed by atoms with Crippen molar-refractivity contribution < 1.29 is 53.8 Å². The van der Waals surface area contributed by atoms with Crippen molar-refractivity contribution in [1.29, 1.82) is 0 Å². The van der Waals surface area contributed by atoms with Crippen molar-refractivity contribution in [1.82, 2.24) is 0 Å². The van der Waals surface area contributed by atoms with Crippen LogP contribution >= 0.6 is 0 Å². The molecule has 4 rings (SSSR count). The maximum atomic E-state index is 13.7. The predicted molar refractivity (Wildman–Crippen MR) is 110 cm³/mol. The Morgan fingerprint density at radius 1 is 0.838 bits per heavy atom. The first-order valence-electron chi connectivity index (χ1n) is 9.98. The number of alkyl halides is 3. The molecule has 0 saturated carbocycles. The minimum Gasteiger partial charge on any atom is -0.476 e. The van der Waals surface area contributed by atoms with Gasteiger partial charge in [0, 0.05) is 6.07 Å². The summed E-state index contributed by atoms with van der Waals surface area (Å²) in [5.74, 6) is -16.9. The Kier molecular flexibility index (Phi) is 6.63. The zero-order chi connectivity index (χ0) is 27.1. The minimum atomic E-state index is -5.08. The van der Waals surface area contributed by atoms with Gasteiger partial charge in [-0.1, -0.05) is 30.3 Å². The van der Waals surface area contributed by atoms with Crippen molar-refractivity contribution in [3.8, 4) is 22.6 Å². The molecule has 13 heteroatoms. The van der Waals surface area contributed by atoms with Gasteiger partial charge in [-0.3, -0.25) is 4.79 Å². The molecule has 1 aromatic heterocycles. The second-order valence-corrected chi connectivity index (χ2v) is 7.32. The summed E-state index contributed by atoms with van der Waals surface area (Å²) in [4.78, 5) is 24.9. The summed E-state index contributed by atoms with van der Waals surface area (Å²) in [7, 11) is 0. The average molecular weight is 530 g/mol. The Bertz CT molecular complexity index is 1550. The fourth-order valence-electron chi connectivity index (χ4n) is 3.31. The number of hydrogen-bond acceptors (Lipinski definition) is 5. The van der Waals surface area contributed by atoms with E-state index < -0.39 is 81.7 Å². The number of halogens is 8. The molecule has 0 N–H and O–H groups in total. The molecule has 1 heterocycles. The van der Waals surface area contributed by atoms with Crippen molar-refractivity contribution >= 4 is 16.9 Å². The first kappa shape index (κ1) is 25.7. The Morgan fingerprint density at radius 3 is 2.03 bits per heavy atom. The van der Waals surface area contributed by atoms with Gasteiger partial charge in [0.25, 0.3) is 0 Å². The van der Waals surface area contributed by atoms with Crippen molar-refractivity contribution in [3.05, 3.63) is 93.6 Å². The third-order valence-corrected chi connectivity index (χ3v) is 4.92. The lowest BCUT2D eigenvalue weighted by Gasteiger charge is -2.13.